The van der Waals surface area contributed by atoms with Gasteiger partial charge in [-0.3, -0.25) is 24.2 Å². The van der Waals surface area contributed by atoms with Gasteiger partial charge in [0, 0.05) is 24.7 Å². The number of hydrogen-bond donors (Lipinski definition) is 7. The van der Waals surface area contributed by atoms with Crippen LogP contribution in [0.2, 0.25) is 0 Å². The number of anilines is 2. The fourth-order valence-electron chi connectivity index (χ4n) is 3.81. The van der Waals surface area contributed by atoms with Crippen LogP contribution in [-0.4, -0.2) is 84.3 Å². The summed E-state index contributed by atoms with van der Waals surface area (Å²) in [6, 6.07) is 4.86. The lowest BCUT2D eigenvalue weighted by atomic mass is 10.1. The first-order chi connectivity index (χ1) is 21.8. The van der Waals surface area contributed by atoms with Gasteiger partial charge in [-0.15, -0.1) is 5.10 Å². The van der Waals surface area contributed by atoms with Gasteiger partial charge in [-0.2, -0.15) is 9.67 Å². The molecule has 4 heterocycles. The number of imidazole rings is 1. The standard InChI is InChI=1S/C19H19N7O6.C6H6N6O2/c20-19-25-15-14(17(30)26-19)23-11(8-22-15)7-21-10-3-1-9(2-4-10)16(29)24-12(18(31)32)5-6-13(27)28;1-11-6(14)12-2-8-3(4(7)13)5(12)9-10-11/h1-4,8,12,21H,5-7H2,(H,24,29)(H,27,28)(H,31,32)(H3,20,22,25,26,30);2H,1H3,(H2,7,13)/t12-;/m0./s1. The zero-order valence-electron chi connectivity index (χ0n) is 23.7. The molecule has 2 amide bonds. The first kappa shape index (κ1) is 32.1. The summed E-state index contributed by atoms with van der Waals surface area (Å²) >= 11 is 0. The molecule has 0 radical (unpaired) electrons. The maximum atomic E-state index is 12.3. The van der Waals surface area contributed by atoms with Gasteiger partial charge in [-0.05, 0) is 30.7 Å². The second kappa shape index (κ2) is 13.7. The first-order valence-corrected chi connectivity index (χ1v) is 13.0. The lowest BCUT2D eigenvalue weighted by Crippen LogP contribution is -2.41. The van der Waals surface area contributed by atoms with E-state index in [9.17, 15) is 28.8 Å². The number of fused-ring (bicyclic) bond motifs is 2. The van der Waals surface area contributed by atoms with Gasteiger partial charge in [0.15, 0.2) is 22.5 Å². The molecule has 21 heteroatoms. The second-order valence-corrected chi connectivity index (χ2v) is 9.36. The molecular weight excluding hydrogens is 610 g/mol. The number of benzene rings is 1. The Morgan fingerprint density at radius 1 is 1.07 bits per heavy atom. The van der Waals surface area contributed by atoms with Crippen LogP contribution in [-0.2, 0) is 23.2 Å². The largest absolute Gasteiger partial charge is 0.481 e. The van der Waals surface area contributed by atoms with E-state index in [2.05, 4.69) is 45.9 Å². The number of H-pyrrole nitrogens is 1. The van der Waals surface area contributed by atoms with Crippen molar-refractivity contribution < 1.29 is 29.4 Å². The number of amides is 2. The Morgan fingerprint density at radius 3 is 2.43 bits per heavy atom. The summed E-state index contributed by atoms with van der Waals surface area (Å²) in [6.45, 7) is 0.231. The van der Waals surface area contributed by atoms with Crippen molar-refractivity contribution in [1.82, 2.24) is 49.6 Å². The first-order valence-electron chi connectivity index (χ1n) is 13.0. The SMILES string of the molecule is Cn1nnc2c(C(N)=O)ncn2c1=O.Nc1nc2ncc(CNc3ccc(C(=O)N[C@@H](CCC(=O)O)C(=O)O)cc3)nc2c(=O)[nH]1. The molecule has 5 rings (SSSR count). The van der Waals surface area contributed by atoms with Crippen molar-refractivity contribution in [2.24, 2.45) is 12.8 Å². The number of hydrogen-bond acceptors (Lipinski definition) is 14. The number of nitrogens with zero attached hydrogens (tertiary/aromatic N) is 8. The summed E-state index contributed by atoms with van der Waals surface area (Å²) in [5.41, 5.74) is 11.1. The van der Waals surface area contributed by atoms with Crippen molar-refractivity contribution in [1.29, 1.82) is 0 Å². The number of nitrogen functional groups attached to an aromatic ring is 1. The Morgan fingerprint density at radius 2 is 1.78 bits per heavy atom. The van der Waals surface area contributed by atoms with Crippen molar-refractivity contribution in [3.8, 4) is 0 Å². The topological polar surface area (TPSA) is 321 Å². The van der Waals surface area contributed by atoms with E-state index in [0.29, 0.717) is 11.4 Å². The van der Waals surface area contributed by atoms with E-state index in [1.165, 1.54) is 31.7 Å². The third-order valence-electron chi connectivity index (χ3n) is 6.09. The van der Waals surface area contributed by atoms with Gasteiger partial charge < -0.3 is 32.3 Å². The number of primary amides is 1. The molecule has 0 unspecified atom stereocenters. The number of carbonyl (C=O) groups is 4. The van der Waals surface area contributed by atoms with E-state index < -0.39 is 41.0 Å². The van der Waals surface area contributed by atoms with Gasteiger partial charge in [0.25, 0.3) is 17.4 Å². The zero-order valence-corrected chi connectivity index (χ0v) is 23.7. The highest BCUT2D eigenvalue weighted by atomic mass is 16.4. The molecular formula is C25H25N13O8. The molecule has 9 N–H and O–H groups in total. The van der Waals surface area contributed by atoms with Crippen LogP contribution < -0.4 is 33.3 Å². The van der Waals surface area contributed by atoms with Crippen molar-refractivity contribution in [2.75, 3.05) is 11.1 Å². The van der Waals surface area contributed by atoms with Gasteiger partial charge in [-0.25, -0.2) is 28.9 Å². The van der Waals surface area contributed by atoms with Gasteiger partial charge in [-0.1, -0.05) is 5.21 Å². The lowest BCUT2D eigenvalue weighted by Gasteiger charge is -2.14. The van der Waals surface area contributed by atoms with Crippen LogP contribution in [0.1, 0.15) is 39.4 Å². The molecule has 46 heavy (non-hydrogen) atoms. The molecule has 0 saturated carbocycles. The average Bonchev–Trinajstić information content (AvgIpc) is 3.46. The molecule has 0 bridgehead atoms. The minimum Gasteiger partial charge on any atom is -0.481 e. The lowest BCUT2D eigenvalue weighted by molar-refractivity contribution is -0.140. The predicted octanol–water partition coefficient (Wildman–Crippen LogP) is -2.12. The maximum absolute atomic E-state index is 12.3. The fourth-order valence-corrected chi connectivity index (χ4v) is 3.81. The zero-order chi connectivity index (χ0) is 33.5. The van der Waals surface area contributed by atoms with Gasteiger partial charge in [0.2, 0.25) is 5.95 Å². The quantitative estimate of drug-likeness (QED) is 0.0862. The summed E-state index contributed by atoms with van der Waals surface area (Å²) in [5.74, 6) is -3.90. The minimum absolute atomic E-state index is 0.0524. The van der Waals surface area contributed by atoms with Crippen molar-refractivity contribution in [3.63, 3.8) is 0 Å². The fraction of sp³-hybridized carbons (Fsp3) is 0.200. The summed E-state index contributed by atoms with van der Waals surface area (Å²) in [5, 5.41) is 30.3. The predicted molar refractivity (Wildman–Crippen MR) is 156 cm³/mol. The Bertz CT molecular complexity index is 2070. The van der Waals surface area contributed by atoms with Crippen LogP contribution in [0.4, 0.5) is 11.6 Å². The van der Waals surface area contributed by atoms with Gasteiger partial charge in [0.05, 0.1) is 18.4 Å². The number of nitrogens with one attached hydrogen (secondary N) is 3. The number of carboxylic acids is 2. The smallest absolute Gasteiger partial charge is 0.352 e. The normalized spacial score (nSPS) is 11.3. The molecule has 0 saturated heterocycles. The van der Waals surface area contributed by atoms with Crippen LogP contribution in [0.5, 0.6) is 0 Å². The van der Waals surface area contributed by atoms with Crippen molar-refractivity contribution >= 4 is 52.2 Å². The molecule has 21 nitrogen and oxygen atoms in total. The summed E-state index contributed by atoms with van der Waals surface area (Å²) in [6.07, 6.45) is 2.03. The third kappa shape index (κ3) is 7.58. The molecule has 4 aromatic heterocycles. The Kier molecular flexibility index (Phi) is 9.54. The summed E-state index contributed by atoms with van der Waals surface area (Å²) < 4.78 is 2.13. The molecule has 0 aliphatic carbocycles. The molecule has 0 fully saturated rings. The average molecular weight is 636 g/mol. The molecule has 238 valence electrons. The van der Waals surface area contributed by atoms with Crippen molar-refractivity contribution in [3.05, 3.63) is 74.6 Å². The number of rotatable bonds is 10. The summed E-state index contributed by atoms with van der Waals surface area (Å²) in [4.78, 5) is 86.5. The highest BCUT2D eigenvalue weighted by Crippen LogP contribution is 2.12. The number of carboxylic acid groups (broad SMARTS) is 2. The molecule has 1 atom stereocenters. The van der Waals surface area contributed by atoms with Crippen LogP contribution in [0, 0.1) is 0 Å². The van der Waals surface area contributed by atoms with Gasteiger partial charge in [0.1, 0.15) is 12.4 Å². The third-order valence-corrected chi connectivity index (χ3v) is 6.09. The Labute approximate surface area is 255 Å². The minimum atomic E-state index is -1.31. The van der Waals surface area contributed by atoms with Crippen molar-refractivity contribution in [2.45, 2.75) is 25.4 Å². The number of aliphatic carboxylic acids is 2. The number of carbonyl (C=O) groups excluding carboxylic acids is 2. The Hall–Kier alpha value is -6.80. The van der Waals surface area contributed by atoms with Gasteiger partial charge >= 0.3 is 17.6 Å². The van der Waals surface area contributed by atoms with E-state index in [0.717, 1.165) is 9.08 Å². The molecule has 5 aromatic rings. The molecule has 1 aromatic carbocycles. The van der Waals surface area contributed by atoms with E-state index in [1.807, 2.05) is 0 Å². The number of aromatic nitrogens is 9. The van der Waals surface area contributed by atoms with E-state index in [4.69, 9.17) is 21.7 Å². The maximum Gasteiger partial charge on any atom is 0.352 e. The van der Waals surface area contributed by atoms with Crippen LogP contribution >= 0.6 is 0 Å². The van der Waals surface area contributed by atoms with E-state index >= 15 is 0 Å². The van der Waals surface area contributed by atoms with Crippen LogP contribution in [0.15, 0.2) is 46.4 Å². The summed E-state index contributed by atoms with van der Waals surface area (Å²) in [7, 11) is 1.44. The van der Waals surface area contributed by atoms with E-state index in [1.54, 1.807) is 12.1 Å². The van der Waals surface area contributed by atoms with Crippen LogP contribution in [0.3, 0.4) is 0 Å². The molecule has 0 aliphatic rings. The monoisotopic (exact) mass is 635 g/mol. The van der Waals surface area contributed by atoms with E-state index in [-0.39, 0.29) is 53.4 Å². The highest BCUT2D eigenvalue weighted by Gasteiger charge is 2.21. The number of aromatic amines is 1. The molecule has 0 aliphatic heterocycles. The Balaban J connectivity index is 0.000000284. The molecule has 0 spiro atoms. The number of nitrogens with two attached hydrogens (primary N) is 2. The highest BCUT2D eigenvalue weighted by molar-refractivity contribution is 5.97. The van der Waals surface area contributed by atoms with Crippen LogP contribution in [0.25, 0.3) is 16.8 Å². The number of aryl methyl sites for hydroxylation is 1. The second-order valence-electron chi connectivity index (χ2n) is 9.36.